The number of rotatable bonds is 4. The van der Waals surface area contributed by atoms with Crippen LogP contribution in [0.4, 0.5) is 5.69 Å². The van der Waals surface area contributed by atoms with E-state index in [0.29, 0.717) is 11.1 Å². The number of benzene rings is 1. The van der Waals surface area contributed by atoms with Gasteiger partial charge < -0.3 is 10.7 Å². The Morgan fingerprint density at radius 3 is 2.78 bits per heavy atom. The van der Waals surface area contributed by atoms with Crippen LogP contribution in [0.3, 0.4) is 0 Å². The fourth-order valence-electron chi connectivity index (χ4n) is 4.20. The number of carbonyl (C=O) groups is 1. The molecule has 1 aliphatic heterocycles. The van der Waals surface area contributed by atoms with Crippen LogP contribution in [-0.2, 0) is 11.2 Å². The molecule has 2 aromatic rings. The normalized spacial score (nSPS) is 18.9. The second-order valence-electron chi connectivity index (χ2n) is 7.53. The summed E-state index contributed by atoms with van der Waals surface area (Å²) < 4.78 is 1.61. The van der Waals surface area contributed by atoms with Crippen molar-refractivity contribution in [3.8, 4) is 0 Å². The quantitative estimate of drug-likeness (QED) is 0.644. The first-order valence-corrected chi connectivity index (χ1v) is 10.8. The van der Waals surface area contributed by atoms with Crippen molar-refractivity contribution in [1.82, 2.24) is 14.9 Å². The largest absolute Gasteiger partial charge is 0.336 e. The highest BCUT2D eigenvalue weighted by Crippen LogP contribution is 2.34. The summed E-state index contributed by atoms with van der Waals surface area (Å²) >= 11 is 1.40. The molecule has 1 fully saturated rings. The van der Waals surface area contributed by atoms with E-state index in [1.807, 2.05) is 30.0 Å². The lowest BCUT2D eigenvalue weighted by molar-refractivity contribution is -0.117. The highest BCUT2D eigenvalue weighted by Gasteiger charge is 2.29. The summed E-state index contributed by atoms with van der Waals surface area (Å²) in [5.74, 6) is 7.64. The van der Waals surface area contributed by atoms with Gasteiger partial charge in [-0.05, 0) is 44.2 Å². The molecule has 1 saturated carbocycles. The SMILES string of the molecule is CC(Sc1nnc(C2CCCCC2)n1N)C(=O)N1CCCc2ccccc21. The number of aromatic nitrogens is 3. The molecule has 1 aliphatic carbocycles. The average Bonchev–Trinajstić information content (AvgIpc) is 3.08. The Balaban J connectivity index is 1.47. The maximum absolute atomic E-state index is 13.1. The Morgan fingerprint density at radius 2 is 1.96 bits per heavy atom. The van der Waals surface area contributed by atoms with E-state index in [9.17, 15) is 4.79 Å². The first-order valence-electron chi connectivity index (χ1n) is 9.91. The van der Waals surface area contributed by atoms with E-state index in [0.717, 1.165) is 43.7 Å². The van der Waals surface area contributed by atoms with Crippen LogP contribution in [0, 0.1) is 0 Å². The zero-order valence-electron chi connectivity index (χ0n) is 15.8. The number of fused-ring (bicyclic) bond motifs is 1. The maximum atomic E-state index is 13.1. The number of nitrogen functional groups attached to an aromatic ring is 1. The van der Waals surface area contributed by atoms with Gasteiger partial charge in [-0.15, -0.1) is 10.2 Å². The second-order valence-corrected chi connectivity index (χ2v) is 8.84. The van der Waals surface area contributed by atoms with Crippen molar-refractivity contribution in [3.05, 3.63) is 35.7 Å². The van der Waals surface area contributed by atoms with Crippen molar-refractivity contribution in [2.75, 3.05) is 17.3 Å². The molecular weight excluding hydrogens is 358 g/mol. The van der Waals surface area contributed by atoms with Crippen LogP contribution >= 0.6 is 11.8 Å². The molecule has 0 saturated heterocycles. The van der Waals surface area contributed by atoms with Gasteiger partial charge >= 0.3 is 0 Å². The third kappa shape index (κ3) is 3.70. The molecule has 6 nitrogen and oxygen atoms in total. The molecule has 4 rings (SSSR count). The van der Waals surface area contributed by atoms with Gasteiger partial charge in [-0.25, -0.2) is 4.68 Å². The summed E-state index contributed by atoms with van der Waals surface area (Å²) in [6, 6.07) is 8.18. The van der Waals surface area contributed by atoms with Gasteiger partial charge in [0.1, 0.15) is 0 Å². The number of nitrogens with zero attached hydrogens (tertiary/aromatic N) is 4. The second kappa shape index (κ2) is 7.92. The number of anilines is 1. The number of hydrogen-bond donors (Lipinski definition) is 1. The Morgan fingerprint density at radius 1 is 1.19 bits per heavy atom. The Labute approximate surface area is 164 Å². The zero-order valence-corrected chi connectivity index (χ0v) is 16.6. The lowest BCUT2D eigenvalue weighted by Crippen LogP contribution is -2.40. The molecule has 27 heavy (non-hydrogen) atoms. The van der Waals surface area contributed by atoms with E-state index in [1.54, 1.807) is 4.68 Å². The van der Waals surface area contributed by atoms with E-state index < -0.39 is 0 Å². The number of para-hydroxylation sites is 1. The number of hydrogen-bond acceptors (Lipinski definition) is 5. The first kappa shape index (κ1) is 18.3. The number of amides is 1. The van der Waals surface area contributed by atoms with Gasteiger partial charge in [-0.3, -0.25) is 4.79 Å². The van der Waals surface area contributed by atoms with Crippen molar-refractivity contribution in [3.63, 3.8) is 0 Å². The van der Waals surface area contributed by atoms with Crippen molar-refractivity contribution < 1.29 is 4.79 Å². The van der Waals surface area contributed by atoms with E-state index in [1.165, 1.54) is 36.6 Å². The molecule has 0 bridgehead atoms. The highest BCUT2D eigenvalue weighted by atomic mass is 32.2. The summed E-state index contributed by atoms with van der Waals surface area (Å²) in [7, 11) is 0. The molecule has 1 amide bonds. The maximum Gasteiger partial charge on any atom is 0.240 e. The van der Waals surface area contributed by atoms with E-state index in [2.05, 4.69) is 16.3 Å². The number of thioether (sulfide) groups is 1. The fraction of sp³-hybridized carbons (Fsp3) is 0.550. The lowest BCUT2D eigenvalue weighted by atomic mass is 9.89. The molecule has 0 radical (unpaired) electrons. The van der Waals surface area contributed by atoms with Crippen LogP contribution in [0.25, 0.3) is 0 Å². The Hall–Kier alpha value is -2.02. The van der Waals surface area contributed by atoms with Crippen LogP contribution in [0.2, 0.25) is 0 Å². The standard InChI is InChI=1S/C20H27N5OS/c1-14(19(26)24-13-7-11-15-8-5-6-12-17(15)24)27-20-23-22-18(25(20)21)16-9-3-2-4-10-16/h5-6,8,12,14,16H,2-4,7,9-11,13,21H2,1H3. The fourth-order valence-corrected chi connectivity index (χ4v) is 5.04. The molecule has 1 aromatic heterocycles. The number of carbonyl (C=O) groups excluding carboxylic acids is 1. The third-order valence-electron chi connectivity index (χ3n) is 5.67. The first-order chi connectivity index (χ1) is 13.1. The Bertz CT molecular complexity index is 814. The summed E-state index contributed by atoms with van der Waals surface area (Å²) in [5.41, 5.74) is 2.29. The summed E-state index contributed by atoms with van der Waals surface area (Å²) in [6.45, 7) is 2.70. The van der Waals surface area contributed by atoms with E-state index in [-0.39, 0.29) is 11.2 Å². The summed E-state index contributed by atoms with van der Waals surface area (Å²) in [4.78, 5) is 15.0. The molecule has 1 unspecified atom stereocenters. The molecule has 2 heterocycles. The summed E-state index contributed by atoms with van der Waals surface area (Å²) in [5, 5.41) is 8.99. The van der Waals surface area contributed by atoms with E-state index in [4.69, 9.17) is 5.84 Å². The average molecular weight is 386 g/mol. The number of aryl methyl sites for hydroxylation is 1. The Kier molecular flexibility index (Phi) is 5.38. The van der Waals surface area contributed by atoms with E-state index >= 15 is 0 Å². The third-order valence-corrected chi connectivity index (χ3v) is 6.71. The van der Waals surface area contributed by atoms with Gasteiger partial charge in [0.05, 0.1) is 5.25 Å². The zero-order chi connectivity index (χ0) is 18.8. The van der Waals surface area contributed by atoms with Crippen LogP contribution in [-0.4, -0.2) is 32.6 Å². The highest BCUT2D eigenvalue weighted by molar-refractivity contribution is 8.00. The molecule has 1 atom stereocenters. The predicted molar refractivity (Wildman–Crippen MR) is 108 cm³/mol. The minimum atomic E-state index is -0.262. The van der Waals surface area contributed by atoms with Crippen LogP contribution in [0.15, 0.2) is 29.4 Å². The monoisotopic (exact) mass is 385 g/mol. The molecule has 0 spiro atoms. The minimum absolute atomic E-state index is 0.106. The van der Waals surface area contributed by atoms with Gasteiger partial charge in [-0.1, -0.05) is 49.2 Å². The van der Waals surface area contributed by atoms with Crippen LogP contribution < -0.4 is 10.7 Å². The van der Waals surface area contributed by atoms with Crippen molar-refractivity contribution >= 4 is 23.4 Å². The predicted octanol–water partition coefficient (Wildman–Crippen LogP) is 3.50. The lowest BCUT2D eigenvalue weighted by Gasteiger charge is -2.31. The summed E-state index contributed by atoms with van der Waals surface area (Å²) in [6.07, 6.45) is 8.02. The van der Waals surface area contributed by atoms with Crippen molar-refractivity contribution in [1.29, 1.82) is 0 Å². The van der Waals surface area contributed by atoms with Crippen LogP contribution in [0.5, 0.6) is 0 Å². The minimum Gasteiger partial charge on any atom is -0.336 e. The number of nitrogens with two attached hydrogens (primary N) is 1. The topological polar surface area (TPSA) is 77.0 Å². The molecule has 2 aliphatic rings. The smallest absolute Gasteiger partial charge is 0.240 e. The van der Waals surface area contributed by atoms with Crippen LogP contribution in [0.1, 0.15) is 62.8 Å². The molecule has 144 valence electrons. The molecule has 1 aromatic carbocycles. The molecule has 7 heteroatoms. The van der Waals surface area contributed by atoms with Gasteiger partial charge in [0.15, 0.2) is 5.82 Å². The van der Waals surface area contributed by atoms with Gasteiger partial charge in [0.25, 0.3) is 0 Å². The molecule has 2 N–H and O–H groups in total. The van der Waals surface area contributed by atoms with Gasteiger partial charge in [0, 0.05) is 18.2 Å². The van der Waals surface area contributed by atoms with Gasteiger partial charge in [0.2, 0.25) is 11.1 Å². The van der Waals surface area contributed by atoms with Crippen molar-refractivity contribution in [2.45, 2.75) is 68.2 Å². The van der Waals surface area contributed by atoms with Crippen molar-refractivity contribution in [2.24, 2.45) is 0 Å². The molecular formula is C20H27N5OS. The van der Waals surface area contributed by atoms with Gasteiger partial charge in [-0.2, -0.15) is 0 Å².